The van der Waals surface area contributed by atoms with Crippen molar-refractivity contribution in [3.05, 3.63) is 77.1 Å². The molecule has 0 radical (unpaired) electrons. The van der Waals surface area contributed by atoms with Gasteiger partial charge in [-0.05, 0) is 55.0 Å². The number of aromatic nitrogens is 3. The van der Waals surface area contributed by atoms with Crippen molar-refractivity contribution in [1.82, 2.24) is 15.0 Å². The first-order chi connectivity index (χ1) is 14.2. The molecule has 0 aliphatic rings. The second-order valence-electron chi connectivity index (χ2n) is 6.44. The Labute approximate surface area is 170 Å². The van der Waals surface area contributed by atoms with E-state index in [4.69, 9.17) is 0 Å². The van der Waals surface area contributed by atoms with Gasteiger partial charge in [0.1, 0.15) is 5.82 Å². The second-order valence-corrected chi connectivity index (χ2v) is 6.44. The van der Waals surface area contributed by atoms with Crippen molar-refractivity contribution in [2.75, 3.05) is 17.2 Å². The summed E-state index contributed by atoms with van der Waals surface area (Å²) in [6.45, 7) is 4.87. The van der Waals surface area contributed by atoms with Crippen LogP contribution < -0.4 is 21.2 Å². The summed E-state index contributed by atoms with van der Waals surface area (Å²) in [5.74, 6) is 1.23. The van der Waals surface area contributed by atoms with Gasteiger partial charge in [-0.2, -0.15) is 4.98 Å². The number of carbonyl (C=O) groups is 1. The van der Waals surface area contributed by atoms with Crippen molar-refractivity contribution in [2.24, 2.45) is 0 Å². The Hall–Kier alpha value is -3.67. The molecule has 0 fully saturated rings. The average molecular weight is 387 g/mol. The lowest BCUT2D eigenvalue weighted by atomic mass is 10.1. The lowest BCUT2D eigenvalue weighted by Gasteiger charge is -2.08. The van der Waals surface area contributed by atoms with Crippen LogP contribution in [0.3, 0.4) is 0 Å². The highest BCUT2D eigenvalue weighted by molar-refractivity contribution is 6.17. The van der Waals surface area contributed by atoms with E-state index < -0.39 is 0 Å². The van der Waals surface area contributed by atoms with Gasteiger partial charge in [-0.3, -0.25) is 4.79 Å². The zero-order chi connectivity index (χ0) is 20.5. The molecule has 3 rings (SSSR count). The molecular weight excluding hydrogens is 362 g/mol. The molecule has 0 amide bonds. The van der Waals surface area contributed by atoms with E-state index in [-0.39, 0.29) is 5.78 Å². The number of ketones is 1. The fraction of sp³-hybridized carbons (Fsp3) is 0.174. The van der Waals surface area contributed by atoms with Gasteiger partial charge in [-0.25, -0.2) is 4.98 Å². The Morgan fingerprint density at radius 2 is 2.00 bits per heavy atom. The number of nitrogens with zero attached hydrogens (tertiary/aromatic N) is 2. The first-order valence-corrected chi connectivity index (χ1v) is 9.66. The predicted molar refractivity (Wildman–Crippen MR) is 119 cm³/mol. The largest absolute Gasteiger partial charge is 0.361 e. The lowest BCUT2D eigenvalue weighted by molar-refractivity contribution is 0.106. The van der Waals surface area contributed by atoms with Gasteiger partial charge in [0, 0.05) is 41.6 Å². The monoisotopic (exact) mass is 387 g/mol. The van der Waals surface area contributed by atoms with E-state index in [1.165, 1.54) is 0 Å². The molecule has 3 N–H and O–H groups in total. The maximum Gasteiger partial charge on any atom is 0.224 e. The molecular formula is C23H25N5O. The molecule has 0 atom stereocenters. The number of benzene rings is 1. The summed E-state index contributed by atoms with van der Waals surface area (Å²) >= 11 is 0. The topological polar surface area (TPSA) is 82.7 Å². The second kappa shape index (κ2) is 10.0. The standard InChI is InChI=1S/C23H25N5O/c1-3-5-6-17-11-14-24-20(17)16-21(29)18-7-9-19(10-8-18)27-22-12-15-26-23(28-22)25-13-4-2/h3,5-12,14-16,24H,4,13H2,1-2H3,(H2,25,26,27,28)/b5-3-,17-6-,20-16-. The van der Waals surface area contributed by atoms with Crippen molar-refractivity contribution in [3.63, 3.8) is 0 Å². The minimum atomic E-state index is -0.0535. The quantitative estimate of drug-likeness (QED) is 0.516. The van der Waals surface area contributed by atoms with Crippen LogP contribution in [0.25, 0.3) is 12.2 Å². The van der Waals surface area contributed by atoms with Crippen LogP contribution in [0.1, 0.15) is 30.6 Å². The van der Waals surface area contributed by atoms with Crippen LogP contribution in [0.15, 0.2) is 60.9 Å². The van der Waals surface area contributed by atoms with Crippen LogP contribution in [-0.4, -0.2) is 27.3 Å². The molecule has 0 unspecified atom stereocenters. The lowest BCUT2D eigenvalue weighted by Crippen LogP contribution is -2.23. The number of hydrogen-bond acceptors (Lipinski definition) is 5. The van der Waals surface area contributed by atoms with Gasteiger partial charge in [-0.15, -0.1) is 0 Å². The molecule has 0 aliphatic heterocycles. The van der Waals surface area contributed by atoms with E-state index in [1.807, 2.05) is 49.5 Å². The number of hydrogen-bond donors (Lipinski definition) is 3. The Bertz CT molecular complexity index is 1100. The van der Waals surface area contributed by atoms with Gasteiger partial charge in [-0.1, -0.05) is 25.2 Å². The zero-order valence-corrected chi connectivity index (χ0v) is 16.6. The van der Waals surface area contributed by atoms with Crippen LogP contribution in [0.4, 0.5) is 17.5 Å². The summed E-state index contributed by atoms with van der Waals surface area (Å²) in [4.78, 5) is 24.3. The molecule has 148 valence electrons. The SMILES string of the molecule is C\C=C/C=c1/cc[nH]/c1=C\C(=O)c1ccc(Nc2ccnc(NCCC)n2)cc1. The normalized spacial score (nSPS) is 12.5. The summed E-state index contributed by atoms with van der Waals surface area (Å²) in [7, 11) is 0. The summed E-state index contributed by atoms with van der Waals surface area (Å²) < 4.78 is 0. The van der Waals surface area contributed by atoms with Gasteiger partial charge in [0.05, 0.1) is 0 Å². The maximum absolute atomic E-state index is 12.6. The molecule has 0 aliphatic carbocycles. The minimum Gasteiger partial charge on any atom is -0.361 e. The molecule has 0 saturated heterocycles. The van der Waals surface area contributed by atoms with E-state index in [0.717, 1.165) is 29.2 Å². The molecule has 29 heavy (non-hydrogen) atoms. The summed E-state index contributed by atoms with van der Waals surface area (Å²) in [5, 5.41) is 8.17. The van der Waals surface area contributed by atoms with Gasteiger partial charge < -0.3 is 15.6 Å². The fourth-order valence-corrected chi connectivity index (χ4v) is 2.69. The highest BCUT2D eigenvalue weighted by Crippen LogP contribution is 2.16. The third-order valence-electron chi connectivity index (χ3n) is 4.19. The minimum absolute atomic E-state index is 0.0535. The highest BCUT2D eigenvalue weighted by atomic mass is 16.1. The molecule has 0 spiro atoms. The van der Waals surface area contributed by atoms with E-state index in [1.54, 1.807) is 30.5 Å². The van der Waals surface area contributed by atoms with Crippen molar-refractivity contribution >= 4 is 35.4 Å². The molecule has 6 nitrogen and oxygen atoms in total. The Morgan fingerprint density at radius 1 is 1.17 bits per heavy atom. The van der Waals surface area contributed by atoms with Crippen LogP contribution in [0.2, 0.25) is 0 Å². The zero-order valence-electron chi connectivity index (χ0n) is 16.6. The van der Waals surface area contributed by atoms with Crippen LogP contribution in [0, 0.1) is 0 Å². The fourth-order valence-electron chi connectivity index (χ4n) is 2.69. The van der Waals surface area contributed by atoms with Gasteiger partial charge in [0.2, 0.25) is 5.95 Å². The Balaban J connectivity index is 1.73. The number of rotatable bonds is 8. The average Bonchev–Trinajstić information content (AvgIpc) is 3.18. The van der Waals surface area contributed by atoms with E-state index in [0.29, 0.717) is 17.3 Å². The number of H-pyrrole nitrogens is 1. The van der Waals surface area contributed by atoms with Crippen molar-refractivity contribution < 1.29 is 4.79 Å². The van der Waals surface area contributed by atoms with Crippen molar-refractivity contribution in [2.45, 2.75) is 20.3 Å². The first kappa shape index (κ1) is 20.1. The van der Waals surface area contributed by atoms with E-state index in [2.05, 4.69) is 32.5 Å². The smallest absolute Gasteiger partial charge is 0.224 e. The van der Waals surface area contributed by atoms with Gasteiger partial charge >= 0.3 is 0 Å². The van der Waals surface area contributed by atoms with Crippen LogP contribution >= 0.6 is 0 Å². The molecule has 2 heterocycles. The third kappa shape index (κ3) is 5.65. The van der Waals surface area contributed by atoms with Gasteiger partial charge in [0.25, 0.3) is 0 Å². The summed E-state index contributed by atoms with van der Waals surface area (Å²) in [5.41, 5.74) is 1.47. The number of allylic oxidation sites excluding steroid dienone is 2. The van der Waals surface area contributed by atoms with Crippen molar-refractivity contribution in [1.29, 1.82) is 0 Å². The highest BCUT2D eigenvalue weighted by Gasteiger charge is 2.04. The number of Topliss-reactive ketones (excluding diaryl/α,β-unsaturated/α-hetero) is 1. The molecule has 1 aromatic carbocycles. The molecule has 6 heteroatoms. The third-order valence-corrected chi connectivity index (χ3v) is 4.19. The number of carbonyl (C=O) groups excluding carboxylic acids is 1. The molecule has 2 aromatic heterocycles. The van der Waals surface area contributed by atoms with Crippen molar-refractivity contribution in [3.8, 4) is 0 Å². The van der Waals surface area contributed by atoms with Crippen LogP contribution in [0.5, 0.6) is 0 Å². The number of anilines is 3. The molecule has 3 aromatic rings. The summed E-state index contributed by atoms with van der Waals surface area (Å²) in [6, 6.07) is 11.1. The first-order valence-electron chi connectivity index (χ1n) is 9.66. The molecule has 0 bridgehead atoms. The van der Waals surface area contributed by atoms with Crippen LogP contribution in [-0.2, 0) is 0 Å². The number of aromatic amines is 1. The van der Waals surface area contributed by atoms with E-state index >= 15 is 0 Å². The number of nitrogens with one attached hydrogen (secondary N) is 3. The van der Waals surface area contributed by atoms with E-state index in [9.17, 15) is 4.79 Å². The molecule has 0 saturated carbocycles. The Morgan fingerprint density at radius 3 is 2.76 bits per heavy atom. The summed E-state index contributed by atoms with van der Waals surface area (Å²) in [6.07, 6.45) is 12.0. The Kier molecular flexibility index (Phi) is 6.95. The maximum atomic E-state index is 12.6. The predicted octanol–water partition coefficient (Wildman–Crippen LogP) is 3.39. The van der Waals surface area contributed by atoms with Gasteiger partial charge in [0.15, 0.2) is 5.78 Å².